The highest BCUT2D eigenvalue weighted by Crippen LogP contribution is 2.33. The zero-order valence-corrected chi connectivity index (χ0v) is 14.2. The summed E-state index contributed by atoms with van der Waals surface area (Å²) in [5.74, 6) is 0.752. The monoisotopic (exact) mass is 326 g/mol. The van der Waals surface area contributed by atoms with Crippen LogP contribution in [0.15, 0.2) is 30.3 Å². The number of aromatic nitrogens is 2. The first-order chi connectivity index (χ1) is 11.1. The Morgan fingerprint density at radius 2 is 1.70 bits per heavy atom. The molecular formula is C18H22N4S. The third-order valence-electron chi connectivity index (χ3n) is 4.15. The first-order valence-electron chi connectivity index (χ1n) is 8.00. The van der Waals surface area contributed by atoms with E-state index in [2.05, 4.69) is 47.2 Å². The third-order valence-corrected chi connectivity index (χ3v) is 5.39. The van der Waals surface area contributed by atoms with E-state index in [9.17, 15) is 0 Å². The van der Waals surface area contributed by atoms with Crippen molar-refractivity contribution >= 4 is 33.3 Å². The first-order valence-corrected chi connectivity index (χ1v) is 8.81. The molecule has 0 saturated heterocycles. The predicted molar refractivity (Wildman–Crippen MR) is 98.7 cm³/mol. The van der Waals surface area contributed by atoms with Crippen molar-refractivity contribution < 1.29 is 0 Å². The van der Waals surface area contributed by atoms with Gasteiger partial charge in [-0.05, 0) is 43.7 Å². The molecular weight excluding hydrogens is 304 g/mol. The molecule has 0 aliphatic carbocycles. The third kappa shape index (κ3) is 3.62. The minimum absolute atomic E-state index is 0.255. The lowest BCUT2D eigenvalue weighted by molar-refractivity contribution is 0.681. The van der Waals surface area contributed by atoms with Crippen LogP contribution in [0.5, 0.6) is 0 Å². The topological polar surface area (TPSA) is 77.8 Å². The van der Waals surface area contributed by atoms with Crippen molar-refractivity contribution in [3.05, 3.63) is 46.3 Å². The number of anilines is 2. The van der Waals surface area contributed by atoms with Crippen LogP contribution in [0, 0.1) is 6.92 Å². The number of fused-ring (bicyclic) bond motifs is 1. The van der Waals surface area contributed by atoms with Crippen LogP contribution >= 0.6 is 11.3 Å². The van der Waals surface area contributed by atoms with Crippen molar-refractivity contribution in [1.82, 2.24) is 9.97 Å². The van der Waals surface area contributed by atoms with Crippen LogP contribution in [0.3, 0.4) is 0 Å². The number of nitrogens with zero attached hydrogens (tertiary/aromatic N) is 2. The Kier molecular flexibility index (Phi) is 4.76. The van der Waals surface area contributed by atoms with Crippen LogP contribution in [-0.2, 0) is 12.8 Å². The number of unbranched alkanes of at least 4 members (excludes halogenated alkanes) is 2. The normalized spacial score (nSPS) is 11.2. The van der Waals surface area contributed by atoms with Crippen LogP contribution in [0.2, 0.25) is 0 Å². The van der Waals surface area contributed by atoms with Gasteiger partial charge in [0.15, 0.2) is 0 Å². The maximum Gasteiger partial charge on any atom is 0.223 e. The van der Waals surface area contributed by atoms with Crippen molar-refractivity contribution in [1.29, 1.82) is 0 Å². The maximum absolute atomic E-state index is 5.99. The molecule has 3 rings (SSSR count). The molecule has 0 atom stereocenters. The van der Waals surface area contributed by atoms with Crippen LogP contribution in [0.4, 0.5) is 11.8 Å². The highest BCUT2D eigenvalue weighted by molar-refractivity contribution is 7.19. The highest BCUT2D eigenvalue weighted by Gasteiger charge is 2.13. The first kappa shape index (κ1) is 15.7. The number of hydrogen-bond acceptors (Lipinski definition) is 5. The van der Waals surface area contributed by atoms with E-state index in [1.54, 1.807) is 11.3 Å². The molecule has 0 unspecified atom stereocenters. The average molecular weight is 326 g/mol. The van der Waals surface area contributed by atoms with Gasteiger partial charge in [0.25, 0.3) is 0 Å². The predicted octanol–water partition coefficient (Wildman–Crippen LogP) is 4.12. The number of nitrogen functional groups attached to an aromatic ring is 2. The second kappa shape index (κ2) is 6.96. The summed E-state index contributed by atoms with van der Waals surface area (Å²) in [5, 5.41) is 0.975. The van der Waals surface area contributed by atoms with Gasteiger partial charge in [-0.15, -0.1) is 11.3 Å². The second-order valence-corrected chi connectivity index (χ2v) is 6.93. The molecule has 0 amide bonds. The number of nitrogens with two attached hydrogens (primary N) is 2. The zero-order valence-electron chi connectivity index (χ0n) is 13.4. The fourth-order valence-corrected chi connectivity index (χ4v) is 4.14. The molecule has 0 spiro atoms. The SMILES string of the molecule is Cc1c(CCCCCc2ccccc2)sc2nc(N)nc(N)c12. The Morgan fingerprint density at radius 1 is 0.957 bits per heavy atom. The van der Waals surface area contributed by atoms with Gasteiger partial charge in [0, 0.05) is 4.88 Å². The number of aryl methyl sites for hydroxylation is 3. The van der Waals surface area contributed by atoms with Crippen molar-refractivity contribution in [3.8, 4) is 0 Å². The van der Waals surface area contributed by atoms with E-state index in [1.165, 1.54) is 35.3 Å². The molecule has 0 saturated carbocycles. The standard InChI is InChI=1S/C18H22N4S/c1-12-14(23-17-15(12)16(19)21-18(20)22-17)11-7-3-6-10-13-8-4-2-5-9-13/h2,4-5,8-9H,3,6-7,10-11H2,1H3,(H4,19,20,21,22). The number of rotatable bonds is 6. The molecule has 0 fully saturated rings. The lowest BCUT2D eigenvalue weighted by atomic mass is 10.0. The molecule has 0 aliphatic rings. The average Bonchev–Trinajstić information content (AvgIpc) is 2.84. The largest absolute Gasteiger partial charge is 0.383 e. The Balaban J connectivity index is 1.57. The number of hydrogen-bond donors (Lipinski definition) is 2. The van der Waals surface area contributed by atoms with Gasteiger partial charge in [-0.1, -0.05) is 36.8 Å². The zero-order chi connectivity index (χ0) is 16.2. The van der Waals surface area contributed by atoms with Crippen molar-refractivity contribution in [2.45, 2.75) is 39.0 Å². The Hall–Kier alpha value is -2.14. The lowest BCUT2D eigenvalue weighted by Gasteiger charge is -2.02. The van der Waals surface area contributed by atoms with E-state index < -0.39 is 0 Å². The van der Waals surface area contributed by atoms with Gasteiger partial charge >= 0.3 is 0 Å². The fourth-order valence-electron chi connectivity index (χ4n) is 2.91. The van der Waals surface area contributed by atoms with Crippen LogP contribution in [-0.4, -0.2) is 9.97 Å². The van der Waals surface area contributed by atoms with Crippen LogP contribution in [0.25, 0.3) is 10.2 Å². The van der Waals surface area contributed by atoms with Gasteiger partial charge in [0.05, 0.1) is 5.39 Å². The molecule has 4 nitrogen and oxygen atoms in total. The Labute approximate surface area is 140 Å². The van der Waals surface area contributed by atoms with Crippen molar-refractivity contribution in [2.75, 3.05) is 11.5 Å². The molecule has 0 bridgehead atoms. The van der Waals surface area contributed by atoms with Gasteiger partial charge in [-0.25, -0.2) is 4.98 Å². The molecule has 0 radical (unpaired) electrons. The minimum atomic E-state index is 0.255. The van der Waals surface area contributed by atoms with E-state index in [1.807, 2.05) is 0 Å². The smallest absolute Gasteiger partial charge is 0.223 e. The van der Waals surface area contributed by atoms with Gasteiger partial charge in [-0.3, -0.25) is 0 Å². The van der Waals surface area contributed by atoms with Crippen LogP contribution in [0.1, 0.15) is 35.3 Å². The fraction of sp³-hybridized carbons (Fsp3) is 0.333. The van der Waals surface area contributed by atoms with E-state index in [0.29, 0.717) is 5.82 Å². The highest BCUT2D eigenvalue weighted by atomic mass is 32.1. The van der Waals surface area contributed by atoms with E-state index >= 15 is 0 Å². The van der Waals surface area contributed by atoms with E-state index in [0.717, 1.165) is 23.1 Å². The summed E-state index contributed by atoms with van der Waals surface area (Å²) in [6.45, 7) is 2.11. The summed E-state index contributed by atoms with van der Waals surface area (Å²) in [4.78, 5) is 10.6. The molecule has 4 N–H and O–H groups in total. The molecule has 2 aromatic heterocycles. The molecule has 0 aliphatic heterocycles. The van der Waals surface area contributed by atoms with E-state index in [-0.39, 0.29) is 5.95 Å². The molecule has 23 heavy (non-hydrogen) atoms. The van der Waals surface area contributed by atoms with Crippen molar-refractivity contribution in [2.24, 2.45) is 0 Å². The molecule has 2 heterocycles. The summed E-state index contributed by atoms with van der Waals surface area (Å²) < 4.78 is 0. The lowest BCUT2D eigenvalue weighted by Crippen LogP contribution is -1.99. The van der Waals surface area contributed by atoms with Gasteiger partial charge in [0.2, 0.25) is 5.95 Å². The summed E-state index contributed by atoms with van der Waals surface area (Å²) in [6, 6.07) is 10.7. The summed E-state index contributed by atoms with van der Waals surface area (Å²) >= 11 is 1.70. The Bertz CT molecular complexity index is 796. The summed E-state index contributed by atoms with van der Waals surface area (Å²) in [7, 11) is 0. The summed E-state index contributed by atoms with van der Waals surface area (Å²) in [6.07, 6.45) is 5.86. The minimum Gasteiger partial charge on any atom is -0.383 e. The number of thiophene rings is 1. The van der Waals surface area contributed by atoms with Gasteiger partial charge in [0.1, 0.15) is 10.6 Å². The molecule has 5 heteroatoms. The quantitative estimate of drug-likeness (QED) is 0.668. The van der Waals surface area contributed by atoms with E-state index in [4.69, 9.17) is 11.5 Å². The molecule has 1 aromatic carbocycles. The summed E-state index contributed by atoms with van der Waals surface area (Å²) in [5.41, 5.74) is 14.3. The van der Waals surface area contributed by atoms with Crippen molar-refractivity contribution in [3.63, 3.8) is 0 Å². The second-order valence-electron chi connectivity index (χ2n) is 5.84. The molecule has 120 valence electrons. The molecule has 3 aromatic rings. The van der Waals surface area contributed by atoms with Crippen LogP contribution < -0.4 is 11.5 Å². The maximum atomic E-state index is 5.99. The number of benzene rings is 1. The van der Waals surface area contributed by atoms with Gasteiger partial charge in [-0.2, -0.15) is 4.98 Å². The van der Waals surface area contributed by atoms with Gasteiger partial charge < -0.3 is 11.5 Å². The Morgan fingerprint density at radius 3 is 2.48 bits per heavy atom.